The van der Waals surface area contributed by atoms with Crippen molar-refractivity contribution in [1.29, 1.82) is 0 Å². The monoisotopic (exact) mass is 1990 g/mol. The van der Waals surface area contributed by atoms with Crippen molar-refractivity contribution in [2.45, 2.75) is 191 Å². The lowest BCUT2D eigenvalue weighted by atomic mass is 10.1. The standard InChI is InChI=1S/C22H32N2O2.C17H14N2O2.2C14H16N2O2.C13H14N2O2.2C12H12N2O2.C11H10N2O2/c1-2-3-4-5-6-7-8-9-13-16-21-23-17-18-24(21)22(25)26-19-20-14-11-10-12-15-20;20-17(21-13-14-7-3-1-4-8-14)19-12-11-18-16(19)15-9-5-2-6-10-15;1-11(2)13-15-8-9-16(13)14(17)18-10-12-6-4-3-5-7-12;1-2-6-13-15-9-10-16(13)14(17)18-11-12-7-4-3-5-8-12;1-2-12-14-8-9-15(12)13(16)17-10-11-6-4-3-5-7-11;1-10-7-14(9-13-10)12(15)16-8-11-5-3-2-4-6-11;1-10-13-7-8-14(10)12(15)16-9-11-5-3-2-4-6-11;14-11(13-7-6-12-9-13)15-8-10-4-2-1-3-5-10/h10-12,14-15,17-18H,2-9,13,16,19H2,1H3;1-12H,13H2;3-9,11H,10H2,1-2H3;3-5,7-10H,2,6,11H2,1H3;3-9H,2,10H2,1H3;2-7,9H,8H2,1H3;2-8H,9H2,1H3;1-7,9H,8H2. The third kappa shape index (κ3) is 40.0. The molecular formula is C115H126N16O16. The molecule has 0 spiro atoms. The summed E-state index contributed by atoms with van der Waals surface area (Å²) in [4.78, 5) is 127. The molecule has 0 unspecified atom stereocenters. The van der Waals surface area contributed by atoms with E-state index in [0.717, 1.165) is 93.1 Å². The molecule has 0 aliphatic carbocycles. The van der Waals surface area contributed by atoms with Gasteiger partial charge < -0.3 is 37.9 Å². The van der Waals surface area contributed by atoms with Crippen LogP contribution in [0.5, 0.6) is 0 Å². The molecule has 0 N–H and O–H groups in total. The Hall–Kier alpha value is -17.6. The molecule has 0 bridgehead atoms. The lowest BCUT2D eigenvalue weighted by molar-refractivity contribution is 0.139. The van der Waals surface area contributed by atoms with Crippen LogP contribution in [0.1, 0.15) is 184 Å². The van der Waals surface area contributed by atoms with Crippen LogP contribution in [0.2, 0.25) is 0 Å². The molecule has 8 heterocycles. The number of aromatic nitrogens is 16. The molecule has 0 saturated carbocycles. The smallest absolute Gasteiger partial charge is 0.420 e. The average Bonchev–Trinajstić information content (AvgIpc) is 1.71. The van der Waals surface area contributed by atoms with Gasteiger partial charge in [-0.3, -0.25) is 0 Å². The lowest BCUT2D eigenvalue weighted by Crippen LogP contribution is -2.16. The molecule has 0 fully saturated rings. The zero-order valence-corrected chi connectivity index (χ0v) is 83.9. The molecule has 0 atom stereocenters. The second-order valence-electron chi connectivity index (χ2n) is 33.2. The Balaban J connectivity index is 0.000000173. The summed E-state index contributed by atoms with van der Waals surface area (Å²) in [5, 5.41) is 0. The molecule has 0 amide bonds. The highest BCUT2D eigenvalue weighted by Gasteiger charge is 2.20. The van der Waals surface area contributed by atoms with E-state index in [1.807, 2.05) is 308 Å². The van der Waals surface area contributed by atoms with Crippen LogP contribution in [-0.4, -0.2) is 125 Å². The van der Waals surface area contributed by atoms with Crippen molar-refractivity contribution in [1.82, 2.24) is 76.4 Å². The van der Waals surface area contributed by atoms with Gasteiger partial charge in [0.25, 0.3) is 0 Å². The highest BCUT2D eigenvalue weighted by molar-refractivity contribution is 5.77. The summed E-state index contributed by atoms with van der Waals surface area (Å²) in [5.41, 5.74) is 9.41. The first kappa shape index (κ1) is 111. The molecule has 9 aromatic carbocycles. The van der Waals surface area contributed by atoms with Crippen LogP contribution >= 0.6 is 0 Å². The van der Waals surface area contributed by atoms with E-state index in [1.165, 1.54) is 107 Å². The SMILES string of the molecule is CC(C)c1nccn1C(=O)OCc1ccccc1.CCCCCCCCCCCc1nccn1C(=O)OCc1ccccc1.CCCc1nccn1C(=O)OCc1ccccc1.CCc1nccn1C(=O)OCc1ccccc1.Cc1cn(C(=O)OCc2ccccc2)cn1.Cc1nccn1C(=O)OCc1ccccc1.O=C(OCc1ccccc1)n1ccnc1.O=C(OCc1ccccc1)n1ccnc1-c1ccccc1. The summed E-state index contributed by atoms with van der Waals surface area (Å²) in [6.07, 6.45) is 38.7. The van der Waals surface area contributed by atoms with Crippen LogP contribution in [-0.2, 0) is 110 Å². The number of carbonyl (C=O) groups is 8. The van der Waals surface area contributed by atoms with Gasteiger partial charge in [0, 0.05) is 124 Å². The van der Waals surface area contributed by atoms with Crippen LogP contribution in [0, 0.1) is 13.8 Å². The number of hydrogen-bond acceptors (Lipinski definition) is 24. The Labute approximate surface area is 856 Å². The number of hydrogen-bond donors (Lipinski definition) is 0. The van der Waals surface area contributed by atoms with Crippen LogP contribution in [0.4, 0.5) is 38.4 Å². The van der Waals surface area contributed by atoms with E-state index in [0.29, 0.717) is 29.7 Å². The second kappa shape index (κ2) is 64.1. The first-order valence-electron chi connectivity index (χ1n) is 48.7. The maximum absolute atomic E-state index is 12.3. The second-order valence-corrected chi connectivity index (χ2v) is 33.2. The number of benzene rings is 9. The summed E-state index contributed by atoms with van der Waals surface area (Å²) >= 11 is 0. The molecular weight excluding hydrogens is 1860 g/mol. The lowest BCUT2D eigenvalue weighted by Gasteiger charge is -2.09. The molecule has 0 aliphatic rings. The Morgan fingerprint density at radius 1 is 0.265 bits per heavy atom. The molecule has 0 radical (unpaired) electrons. The van der Waals surface area contributed by atoms with E-state index in [4.69, 9.17) is 37.9 Å². The number of rotatable bonds is 31. The van der Waals surface area contributed by atoms with E-state index in [-0.39, 0.29) is 83.1 Å². The maximum atomic E-state index is 12.3. The molecule has 32 heteroatoms. The third-order valence-electron chi connectivity index (χ3n) is 21.6. The maximum Gasteiger partial charge on any atom is 0.420 e. The van der Waals surface area contributed by atoms with Gasteiger partial charge in [-0.1, -0.05) is 359 Å². The van der Waals surface area contributed by atoms with Gasteiger partial charge in [0.05, 0.1) is 5.69 Å². The highest BCUT2D eigenvalue weighted by Crippen LogP contribution is 2.21. The molecule has 762 valence electrons. The number of imidazole rings is 8. The molecule has 0 aliphatic heterocycles. The predicted molar refractivity (Wildman–Crippen MR) is 557 cm³/mol. The average molecular weight is 1990 g/mol. The van der Waals surface area contributed by atoms with Gasteiger partial charge in [-0.25, -0.2) is 115 Å². The van der Waals surface area contributed by atoms with Crippen molar-refractivity contribution in [3.05, 3.63) is 458 Å². The minimum Gasteiger partial charge on any atom is -0.444 e. The van der Waals surface area contributed by atoms with Gasteiger partial charge in [0.15, 0.2) is 0 Å². The quantitative estimate of drug-likeness (QED) is 0.0288. The largest absolute Gasteiger partial charge is 0.444 e. The summed E-state index contributed by atoms with van der Waals surface area (Å²) in [7, 11) is 0. The minimum absolute atomic E-state index is 0.185. The molecule has 0 saturated heterocycles. The number of carbonyl (C=O) groups excluding carboxylic acids is 8. The van der Waals surface area contributed by atoms with Crippen LogP contribution in [0.15, 0.2) is 379 Å². The molecule has 32 nitrogen and oxygen atoms in total. The van der Waals surface area contributed by atoms with E-state index in [1.54, 1.807) is 93.7 Å². The van der Waals surface area contributed by atoms with E-state index >= 15 is 0 Å². The zero-order chi connectivity index (χ0) is 104. The predicted octanol–water partition coefficient (Wildman–Crippen LogP) is 25.5. The molecule has 17 rings (SSSR count). The topological polar surface area (TPSA) is 353 Å². The first-order valence-corrected chi connectivity index (χ1v) is 48.7. The summed E-state index contributed by atoms with van der Waals surface area (Å²) in [6.45, 7) is 16.0. The van der Waals surface area contributed by atoms with E-state index in [9.17, 15) is 38.4 Å². The highest BCUT2D eigenvalue weighted by atomic mass is 16.6. The summed E-state index contributed by atoms with van der Waals surface area (Å²) in [6, 6.07) is 86.3. The Kier molecular flexibility index (Phi) is 48.5. The molecule has 17 aromatic rings. The fraction of sp³-hybridized carbons (Fsp3) is 0.252. The molecule has 8 aromatic heterocycles. The Morgan fingerprint density at radius 2 is 0.565 bits per heavy atom. The van der Waals surface area contributed by atoms with Gasteiger partial charge in [-0.2, -0.15) is 0 Å². The number of unbranched alkanes of at least 4 members (excludes halogenated alkanes) is 8. The van der Waals surface area contributed by atoms with Crippen molar-refractivity contribution in [2.24, 2.45) is 0 Å². The number of ether oxygens (including phenoxy) is 8. The van der Waals surface area contributed by atoms with Crippen molar-refractivity contribution in [3.63, 3.8) is 0 Å². The fourth-order valence-electron chi connectivity index (χ4n) is 13.9. The minimum atomic E-state index is -0.435. The van der Waals surface area contributed by atoms with Gasteiger partial charge in [0.1, 0.15) is 100 Å². The summed E-state index contributed by atoms with van der Waals surface area (Å²) in [5.74, 6) is 4.36. The van der Waals surface area contributed by atoms with Gasteiger partial charge in [0.2, 0.25) is 0 Å². The van der Waals surface area contributed by atoms with Gasteiger partial charge in [-0.05, 0) is 71.2 Å². The van der Waals surface area contributed by atoms with Gasteiger partial charge >= 0.3 is 48.7 Å². The van der Waals surface area contributed by atoms with E-state index < -0.39 is 24.4 Å². The Morgan fingerprint density at radius 3 is 0.912 bits per heavy atom. The van der Waals surface area contributed by atoms with Crippen LogP contribution in [0.3, 0.4) is 0 Å². The van der Waals surface area contributed by atoms with Crippen LogP contribution in [0.25, 0.3) is 11.4 Å². The molecule has 147 heavy (non-hydrogen) atoms. The van der Waals surface area contributed by atoms with Crippen molar-refractivity contribution < 1.29 is 76.3 Å². The number of aryl methyl sites for hydroxylation is 5. The van der Waals surface area contributed by atoms with Crippen LogP contribution < -0.4 is 0 Å². The third-order valence-corrected chi connectivity index (χ3v) is 21.6. The summed E-state index contributed by atoms with van der Waals surface area (Å²) < 4.78 is 53.0. The fourth-order valence-corrected chi connectivity index (χ4v) is 13.9. The zero-order valence-electron chi connectivity index (χ0n) is 83.9. The van der Waals surface area contributed by atoms with Crippen molar-refractivity contribution >= 4 is 48.7 Å². The first-order chi connectivity index (χ1) is 71.8. The van der Waals surface area contributed by atoms with Crippen molar-refractivity contribution in [2.75, 3.05) is 0 Å². The van der Waals surface area contributed by atoms with Gasteiger partial charge in [-0.15, -0.1) is 0 Å². The normalized spacial score (nSPS) is 10.3. The Bertz CT molecular complexity index is 6620. The van der Waals surface area contributed by atoms with E-state index in [2.05, 4.69) is 46.8 Å². The number of nitrogens with zero attached hydrogens (tertiary/aromatic N) is 16. The van der Waals surface area contributed by atoms with Crippen molar-refractivity contribution in [3.8, 4) is 11.4 Å².